The van der Waals surface area contributed by atoms with E-state index in [2.05, 4.69) is 10.2 Å². The van der Waals surface area contributed by atoms with E-state index in [1.165, 1.54) is 4.40 Å². The fourth-order valence-corrected chi connectivity index (χ4v) is 3.77. The SMILES string of the molecule is O=C(c1ccn2c(=O)[nH]nc2c1)N1Cc2ccccc2OC2(CCOC2)C1. The van der Waals surface area contributed by atoms with Crippen LogP contribution in [-0.2, 0) is 11.3 Å². The molecule has 0 bridgehead atoms. The molecule has 2 aliphatic rings. The van der Waals surface area contributed by atoms with Crippen molar-refractivity contribution < 1.29 is 14.3 Å². The number of hydrogen-bond acceptors (Lipinski definition) is 5. The lowest BCUT2D eigenvalue weighted by atomic mass is 10.0. The normalized spacial score (nSPS) is 21.9. The number of hydrogen-bond donors (Lipinski definition) is 1. The summed E-state index contributed by atoms with van der Waals surface area (Å²) in [6, 6.07) is 11.0. The number of amides is 1. The molecular weight excluding hydrogens is 348 g/mol. The van der Waals surface area contributed by atoms with Crippen molar-refractivity contribution >= 4 is 11.6 Å². The van der Waals surface area contributed by atoms with Gasteiger partial charge in [-0.1, -0.05) is 18.2 Å². The monoisotopic (exact) mass is 366 g/mol. The molecule has 8 heteroatoms. The van der Waals surface area contributed by atoms with Gasteiger partial charge in [0.2, 0.25) is 0 Å². The molecule has 1 saturated heterocycles. The first-order valence-corrected chi connectivity index (χ1v) is 8.84. The highest BCUT2D eigenvalue weighted by molar-refractivity contribution is 5.95. The van der Waals surface area contributed by atoms with E-state index in [0.29, 0.717) is 37.5 Å². The molecule has 0 aliphatic carbocycles. The van der Waals surface area contributed by atoms with Crippen LogP contribution in [0.5, 0.6) is 5.75 Å². The third-order valence-corrected chi connectivity index (χ3v) is 5.16. The number of aromatic amines is 1. The zero-order valence-electron chi connectivity index (χ0n) is 14.6. The maximum Gasteiger partial charge on any atom is 0.347 e. The van der Waals surface area contributed by atoms with Crippen molar-refractivity contribution in [3.63, 3.8) is 0 Å². The number of rotatable bonds is 1. The van der Waals surface area contributed by atoms with Crippen LogP contribution in [0.2, 0.25) is 0 Å². The highest BCUT2D eigenvalue weighted by Gasteiger charge is 2.42. The molecule has 5 rings (SSSR count). The zero-order chi connectivity index (χ0) is 18.4. The number of benzene rings is 1. The molecule has 4 heterocycles. The van der Waals surface area contributed by atoms with Crippen LogP contribution in [0.1, 0.15) is 22.3 Å². The number of H-pyrrole nitrogens is 1. The van der Waals surface area contributed by atoms with Crippen molar-refractivity contribution in [2.75, 3.05) is 19.8 Å². The Kier molecular flexibility index (Phi) is 3.54. The fraction of sp³-hybridized carbons (Fsp3) is 0.316. The maximum absolute atomic E-state index is 13.3. The van der Waals surface area contributed by atoms with Crippen molar-refractivity contribution in [1.82, 2.24) is 19.5 Å². The third kappa shape index (κ3) is 2.69. The molecule has 27 heavy (non-hydrogen) atoms. The molecule has 1 spiro atoms. The third-order valence-electron chi connectivity index (χ3n) is 5.16. The molecular formula is C19H18N4O4. The first-order valence-electron chi connectivity index (χ1n) is 8.84. The molecule has 3 aromatic rings. The number of aromatic nitrogens is 3. The molecule has 0 radical (unpaired) electrons. The largest absolute Gasteiger partial charge is 0.483 e. The molecule has 1 N–H and O–H groups in total. The van der Waals surface area contributed by atoms with E-state index in [0.717, 1.165) is 17.7 Å². The minimum atomic E-state index is -0.532. The molecule has 2 aliphatic heterocycles. The zero-order valence-corrected chi connectivity index (χ0v) is 14.6. The van der Waals surface area contributed by atoms with Crippen LogP contribution >= 0.6 is 0 Å². The summed E-state index contributed by atoms with van der Waals surface area (Å²) in [6.07, 6.45) is 2.30. The van der Waals surface area contributed by atoms with E-state index >= 15 is 0 Å². The number of nitrogens with one attached hydrogen (secondary N) is 1. The Hall–Kier alpha value is -3.13. The van der Waals surface area contributed by atoms with Gasteiger partial charge in [0.15, 0.2) is 11.2 Å². The van der Waals surface area contributed by atoms with Gasteiger partial charge in [-0.05, 0) is 18.2 Å². The van der Waals surface area contributed by atoms with Gasteiger partial charge in [0.25, 0.3) is 5.91 Å². The lowest BCUT2D eigenvalue weighted by molar-refractivity contribution is 0.0230. The molecule has 1 fully saturated rings. The van der Waals surface area contributed by atoms with Crippen LogP contribution in [0.3, 0.4) is 0 Å². The first-order chi connectivity index (χ1) is 13.1. The van der Waals surface area contributed by atoms with Gasteiger partial charge in [-0.2, -0.15) is 5.10 Å². The van der Waals surface area contributed by atoms with Crippen molar-refractivity contribution in [2.24, 2.45) is 0 Å². The van der Waals surface area contributed by atoms with Gasteiger partial charge in [-0.25, -0.2) is 9.89 Å². The lowest BCUT2D eigenvalue weighted by Crippen LogP contribution is -2.48. The number of para-hydroxylation sites is 1. The highest BCUT2D eigenvalue weighted by Crippen LogP contribution is 2.34. The lowest BCUT2D eigenvalue weighted by Gasteiger charge is -2.31. The van der Waals surface area contributed by atoms with Crippen molar-refractivity contribution in [2.45, 2.75) is 18.6 Å². The van der Waals surface area contributed by atoms with E-state index < -0.39 is 5.60 Å². The van der Waals surface area contributed by atoms with Gasteiger partial charge < -0.3 is 14.4 Å². The van der Waals surface area contributed by atoms with Crippen LogP contribution in [-0.4, -0.2) is 50.8 Å². The van der Waals surface area contributed by atoms with Crippen LogP contribution in [0.4, 0.5) is 0 Å². The van der Waals surface area contributed by atoms with Gasteiger partial charge in [0, 0.05) is 30.3 Å². The van der Waals surface area contributed by atoms with E-state index in [-0.39, 0.29) is 11.6 Å². The molecule has 138 valence electrons. The van der Waals surface area contributed by atoms with E-state index in [1.54, 1.807) is 23.2 Å². The second kappa shape index (κ2) is 5.95. The summed E-state index contributed by atoms with van der Waals surface area (Å²) in [7, 11) is 0. The predicted molar refractivity (Wildman–Crippen MR) is 95.8 cm³/mol. The molecule has 1 aromatic carbocycles. The van der Waals surface area contributed by atoms with Crippen molar-refractivity contribution in [3.8, 4) is 5.75 Å². The minimum absolute atomic E-state index is 0.125. The molecule has 8 nitrogen and oxygen atoms in total. The summed E-state index contributed by atoms with van der Waals surface area (Å²) in [4.78, 5) is 26.7. The van der Waals surface area contributed by atoms with E-state index in [1.807, 2.05) is 24.3 Å². The summed E-state index contributed by atoms with van der Waals surface area (Å²) in [5.41, 5.74) is 0.997. The summed E-state index contributed by atoms with van der Waals surface area (Å²) >= 11 is 0. The average Bonchev–Trinajstić information content (AvgIpc) is 3.24. The van der Waals surface area contributed by atoms with Gasteiger partial charge in [-0.15, -0.1) is 0 Å². The second-order valence-corrected chi connectivity index (χ2v) is 7.03. The Morgan fingerprint density at radius 2 is 2.15 bits per heavy atom. The minimum Gasteiger partial charge on any atom is -0.483 e. The Morgan fingerprint density at radius 3 is 3.00 bits per heavy atom. The van der Waals surface area contributed by atoms with Crippen molar-refractivity contribution in [1.29, 1.82) is 0 Å². The van der Waals surface area contributed by atoms with E-state index in [4.69, 9.17) is 9.47 Å². The van der Waals surface area contributed by atoms with E-state index in [9.17, 15) is 9.59 Å². The summed E-state index contributed by atoms with van der Waals surface area (Å²) in [5.74, 6) is 0.673. The van der Waals surface area contributed by atoms with Gasteiger partial charge in [0.1, 0.15) is 5.75 Å². The Balaban J connectivity index is 1.53. The van der Waals surface area contributed by atoms with Gasteiger partial charge >= 0.3 is 5.69 Å². The van der Waals surface area contributed by atoms with Crippen LogP contribution in [0.25, 0.3) is 5.65 Å². The number of pyridine rings is 1. The Morgan fingerprint density at radius 1 is 1.26 bits per heavy atom. The molecule has 1 unspecified atom stereocenters. The molecule has 1 amide bonds. The topological polar surface area (TPSA) is 88.9 Å². The summed E-state index contributed by atoms with van der Waals surface area (Å²) in [5, 5.41) is 6.32. The molecule has 1 atom stereocenters. The van der Waals surface area contributed by atoms with Gasteiger partial charge in [-0.3, -0.25) is 9.20 Å². The maximum atomic E-state index is 13.3. The molecule has 2 aromatic heterocycles. The van der Waals surface area contributed by atoms with Crippen molar-refractivity contribution in [3.05, 3.63) is 64.2 Å². The smallest absolute Gasteiger partial charge is 0.347 e. The highest BCUT2D eigenvalue weighted by atomic mass is 16.6. The number of fused-ring (bicyclic) bond motifs is 2. The Bertz CT molecular complexity index is 1080. The second-order valence-electron chi connectivity index (χ2n) is 7.03. The van der Waals surface area contributed by atoms with Crippen LogP contribution in [0, 0.1) is 0 Å². The number of carbonyl (C=O) groups is 1. The van der Waals surface area contributed by atoms with Crippen LogP contribution < -0.4 is 10.4 Å². The number of carbonyl (C=O) groups excluding carboxylic acids is 1. The van der Waals surface area contributed by atoms with Crippen LogP contribution in [0.15, 0.2) is 47.4 Å². The summed E-state index contributed by atoms with van der Waals surface area (Å²) < 4.78 is 13.3. The number of ether oxygens (including phenoxy) is 2. The quantitative estimate of drug-likeness (QED) is 0.699. The standard InChI is InChI=1S/C19H18N4O4/c24-17(13-5-7-23-16(9-13)20-21-18(23)25)22-10-14-3-1-2-4-15(14)27-19(11-22)6-8-26-12-19/h1-5,7,9H,6,8,10-12H2,(H,21,25). The summed E-state index contributed by atoms with van der Waals surface area (Å²) in [6.45, 7) is 1.97. The Labute approximate surface area is 154 Å². The first kappa shape index (κ1) is 16.1. The molecule has 0 saturated carbocycles. The average molecular weight is 366 g/mol. The fourth-order valence-electron chi connectivity index (χ4n) is 3.77. The number of nitrogens with zero attached hydrogens (tertiary/aromatic N) is 3. The predicted octanol–water partition coefficient (Wildman–Crippen LogP) is 1.22. The van der Waals surface area contributed by atoms with Gasteiger partial charge in [0.05, 0.1) is 19.8 Å².